The van der Waals surface area contributed by atoms with Gasteiger partial charge in [0.15, 0.2) is 5.82 Å². The first kappa shape index (κ1) is 18.1. The number of hydrogen-bond donors (Lipinski definition) is 3. The molecule has 1 spiro atoms. The third-order valence-electron chi connectivity index (χ3n) is 5.82. The van der Waals surface area contributed by atoms with E-state index in [0.717, 1.165) is 50.3 Å². The van der Waals surface area contributed by atoms with Crippen molar-refractivity contribution in [1.29, 1.82) is 0 Å². The maximum atomic E-state index is 12.7. The summed E-state index contributed by atoms with van der Waals surface area (Å²) in [5, 5.41) is 13.7. The van der Waals surface area contributed by atoms with Crippen LogP contribution < -0.4 is 10.6 Å². The zero-order valence-corrected chi connectivity index (χ0v) is 15.7. The Balaban J connectivity index is 1.28. The first-order valence-electron chi connectivity index (χ1n) is 9.66. The number of nitrogens with zero attached hydrogens (tertiary/aromatic N) is 4. The molecular formula is C19H27N7O. The number of rotatable bonds is 5. The lowest BCUT2D eigenvalue weighted by molar-refractivity contribution is -0.125. The molecule has 0 radical (unpaired) electrons. The first-order chi connectivity index (χ1) is 13.2. The summed E-state index contributed by atoms with van der Waals surface area (Å²) in [6, 6.07) is 3.76. The normalized spacial score (nSPS) is 22.2. The van der Waals surface area contributed by atoms with Crippen LogP contribution in [-0.2, 0) is 11.2 Å². The van der Waals surface area contributed by atoms with E-state index < -0.39 is 0 Å². The summed E-state index contributed by atoms with van der Waals surface area (Å²) in [6.45, 7) is 3.70. The van der Waals surface area contributed by atoms with Gasteiger partial charge in [-0.15, -0.1) is 0 Å². The van der Waals surface area contributed by atoms with Crippen LogP contribution in [0.25, 0.3) is 11.4 Å². The molecule has 8 heteroatoms. The van der Waals surface area contributed by atoms with Crippen molar-refractivity contribution in [3.63, 3.8) is 0 Å². The molecule has 0 aromatic carbocycles. The maximum absolute atomic E-state index is 12.7. The van der Waals surface area contributed by atoms with E-state index in [-0.39, 0.29) is 11.9 Å². The fourth-order valence-corrected chi connectivity index (χ4v) is 4.34. The number of carbonyl (C=O) groups excluding carboxylic acids is 1. The lowest BCUT2D eigenvalue weighted by Gasteiger charge is -2.33. The van der Waals surface area contributed by atoms with Gasteiger partial charge in [-0.25, -0.2) is 4.98 Å². The van der Waals surface area contributed by atoms with Crippen molar-refractivity contribution in [1.82, 2.24) is 35.7 Å². The molecule has 144 valence electrons. The molecule has 0 bridgehead atoms. The predicted octanol–water partition coefficient (Wildman–Crippen LogP) is 0.599. The van der Waals surface area contributed by atoms with E-state index >= 15 is 0 Å². The van der Waals surface area contributed by atoms with Crippen LogP contribution in [0.1, 0.15) is 25.1 Å². The SMILES string of the molecule is CN1CC2(CCNCC2)C[C@H]1C(=O)NCCc1nc(-c2cccnc2)n[nH]1. The molecule has 2 saturated heterocycles. The monoisotopic (exact) mass is 369 g/mol. The van der Waals surface area contributed by atoms with Gasteiger partial charge in [-0.05, 0) is 56.9 Å². The molecule has 1 atom stereocenters. The molecular weight excluding hydrogens is 342 g/mol. The number of H-pyrrole nitrogens is 1. The summed E-state index contributed by atoms with van der Waals surface area (Å²) in [4.78, 5) is 23.5. The molecule has 27 heavy (non-hydrogen) atoms. The Morgan fingerprint density at radius 1 is 1.41 bits per heavy atom. The van der Waals surface area contributed by atoms with Gasteiger partial charge in [-0.1, -0.05) is 0 Å². The van der Waals surface area contributed by atoms with Crippen molar-refractivity contribution in [2.24, 2.45) is 5.41 Å². The molecule has 2 aliphatic rings. The molecule has 3 N–H and O–H groups in total. The molecule has 2 fully saturated rings. The second-order valence-electron chi connectivity index (χ2n) is 7.77. The minimum absolute atomic E-state index is 0.0243. The van der Waals surface area contributed by atoms with Gasteiger partial charge in [0.05, 0.1) is 6.04 Å². The fourth-order valence-electron chi connectivity index (χ4n) is 4.34. The van der Waals surface area contributed by atoms with E-state index in [9.17, 15) is 4.79 Å². The average molecular weight is 369 g/mol. The smallest absolute Gasteiger partial charge is 0.237 e. The van der Waals surface area contributed by atoms with Crippen molar-refractivity contribution in [3.05, 3.63) is 30.4 Å². The Morgan fingerprint density at radius 2 is 2.26 bits per heavy atom. The first-order valence-corrected chi connectivity index (χ1v) is 9.66. The molecule has 1 amide bonds. The number of likely N-dealkylation sites (N-methyl/N-ethyl adjacent to an activating group) is 1. The van der Waals surface area contributed by atoms with Crippen LogP contribution in [0, 0.1) is 5.41 Å². The van der Waals surface area contributed by atoms with E-state index in [1.807, 2.05) is 12.1 Å². The highest BCUT2D eigenvalue weighted by molar-refractivity contribution is 5.82. The Bertz CT molecular complexity index is 769. The summed E-state index contributed by atoms with van der Waals surface area (Å²) in [5.41, 5.74) is 1.19. The molecule has 0 aliphatic carbocycles. The van der Waals surface area contributed by atoms with Crippen LogP contribution in [-0.4, -0.2) is 70.2 Å². The van der Waals surface area contributed by atoms with E-state index in [0.29, 0.717) is 24.2 Å². The van der Waals surface area contributed by atoms with Gasteiger partial charge in [0.25, 0.3) is 0 Å². The van der Waals surface area contributed by atoms with Gasteiger partial charge < -0.3 is 10.6 Å². The third kappa shape index (κ3) is 4.01. The van der Waals surface area contributed by atoms with Crippen LogP contribution in [0.3, 0.4) is 0 Å². The Kier molecular flexibility index (Phi) is 5.18. The van der Waals surface area contributed by atoms with Crippen molar-refractivity contribution >= 4 is 5.91 Å². The van der Waals surface area contributed by atoms with Gasteiger partial charge in [0, 0.05) is 37.5 Å². The summed E-state index contributed by atoms with van der Waals surface area (Å²) in [5.74, 6) is 1.52. The van der Waals surface area contributed by atoms with Gasteiger partial charge in [0.2, 0.25) is 5.91 Å². The summed E-state index contributed by atoms with van der Waals surface area (Å²) >= 11 is 0. The summed E-state index contributed by atoms with van der Waals surface area (Å²) in [6.07, 6.45) is 7.38. The quantitative estimate of drug-likeness (QED) is 0.714. The largest absolute Gasteiger partial charge is 0.354 e. The van der Waals surface area contributed by atoms with E-state index in [4.69, 9.17) is 0 Å². The highest BCUT2D eigenvalue weighted by Crippen LogP contribution is 2.41. The Hall–Kier alpha value is -2.32. The number of carbonyl (C=O) groups is 1. The lowest BCUT2D eigenvalue weighted by atomic mass is 9.77. The summed E-state index contributed by atoms with van der Waals surface area (Å²) < 4.78 is 0. The molecule has 2 aromatic heterocycles. The second-order valence-corrected chi connectivity index (χ2v) is 7.77. The van der Waals surface area contributed by atoms with Crippen LogP contribution in [0.2, 0.25) is 0 Å². The number of nitrogens with one attached hydrogen (secondary N) is 3. The third-order valence-corrected chi connectivity index (χ3v) is 5.82. The highest BCUT2D eigenvalue weighted by atomic mass is 16.2. The van der Waals surface area contributed by atoms with Crippen molar-refractivity contribution in [2.75, 3.05) is 33.2 Å². The molecule has 2 aromatic rings. The fraction of sp³-hybridized carbons (Fsp3) is 0.579. The molecule has 2 aliphatic heterocycles. The van der Waals surface area contributed by atoms with Crippen molar-refractivity contribution in [3.8, 4) is 11.4 Å². The maximum Gasteiger partial charge on any atom is 0.237 e. The predicted molar refractivity (Wildman–Crippen MR) is 102 cm³/mol. The van der Waals surface area contributed by atoms with Gasteiger partial charge in [-0.2, -0.15) is 5.10 Å². The van der Waals surface area contributed by atoms with Crippen LogP contribution in [0.4, 0.5) is 0 Å². The number of hydrogen-bond acceptors (Lipinski definition) is 6. The van der Waals surface area contributed by atoms with Gasteiger partial charge >= 0.3 is 0 Å². The zero-order valence-electron chi connectivity index (χ0n) is 15.7. The molecule has 4 rings (SSSR count). The Labute approximate surface area is 159 Å². The topological polar surface area (TPSA) is 98.8 Å². The zero-order chi connectivity index (χ0) is 18.7. The average Bonchev–Trinajstić information content (AvgIpc) is 3.28. The standard InChI is InChI=1S/C19H27N7O/c1-26-13-19(5-9-20-10-6-19)11-15(26)18(27)22-8-4-16-23-17(25-24-16)14-3-2-7-21-12-14/h2-3,7,12,15,20H,4-6,8-11,13H2,1H3,(H,22,27)(H,23,24,25)/t15-/m0/s1. The number of pyridine rings is 1. The van der Waals surface area contributed by atoms with Crippen molar-refractivity contribution in [2.45, 2.75) is 31.7 Å². The Morgan fingerprint density at radius 3 is 3.04 bits per heavy atom. The molecule has 0 saturated carbocycles. The van der Waals surface area contributed by atoms with Gasteiger partial charge in [0.1, 0.15) is 5.82 Å². The van der Waals surface area contributed by atoms with Crippen molar-refractivity contribution < 1.29 is 4.79 Å². The van der Waals surface area contributed by atoms with Crippen LogP contribution >= 0.6 is 0 Å². The van der Waals surface area contributed by atoms with Gasteiger partial charge in [-0.3, -0.25) is 19.8 Å². The molecule has 4 heterocycles. The minimum atomic E-state index is -0.0243. The van der Waals surface area contributed by atoms with E-state index in [1.165, 1.54) is 0 Å². The number of amides is 1. The number of piperidine rings is 1. The highest BCUT2D eigenvalue weighted by Gasteiger charge is 2.45. The number of aromatic nitrogens is 4. The van der Waals surface area contributed by atoms with E-state index in [2.05, 4.69) is 42.7 Å². The lowest BCUT2D eigenvalue weighted by Crippen LogP contribution is -2.42. The second kappa shape index (κ2) is 7.74. The van der Waals surface area contributed by atoms with Crippen LogP contribution in [0.5, 0.6) is 0 Å². The number of aromatic amines is 1. The molecule has 8 nitrogen and oxygen atoms in total. The van der Waals surface area contributed by atoms with Crippen LogP contribution in [0.15, 0.2) is 24.5 Å². The van der Waals surface area contributed by atoms with E-state index in [1.54, 1.807) is 12.4 Å². The minimum Gasteiger partial charge on any atom is -0.354 e. The summed E-state index contributed by atoms with van der Waals surface area (Å²) in [7, 11) is 2.07. The molecule has 0 unspecified atom stereocenters. The number of likely N-dealkylation sites (tertiary alicyclic amines) is 1.